The van der Waals surface area contributed by atoms with E-state index in [9.17, 15) is 0 Å². The van der Waals surface area contributed by atoms with Crippen molar-refractivity contribution in [3.05, 3.63) is 108 Å². The van der Waals surface area contributed by atoms with Gasteiger partial charge in [-0.1, -0.05) is 68.4 Å². The SMILES string of the molecule is Cc1ccc2ccc3c(C(C)C)cc(-c4cc(-c5ccccc5)nc(-c5ccccn5)n4)cc3c2n1. The summed E-state index contributed by atoms with van der Waals surface area (Å²) in [7, 11) is 0. The molecule has 0 spiro atoms. The number of aryl methyl sites for hydroxylation is 1. The lowest BCUT2D eigenvalue weighted by Crippen LogP contribution is -1.99. The first-order valence-electron chi connectivity index (χ1n) is 12.3. The lowest BCUT2D eigenvalue weighted by Gasteiger charge is -2.16. The summed E-state index contributed by atoms with van der Waals surface area (Å²) in [4.78, 5) is 19.4. The van der Waals surface area contributed by atoms with Crippen molar-refractivity contribution >= 4 is 21.7 Å². The molecule has 0 radical (unpaired) electrons. The second-order valence-electron chi connectivity index (χ2n) is 9.45. The zero-order valence-corrected chi connectivity index (χ0v) is 20.6. The average molecular weight is 467 g/mol. The number of fused-ring (bicyclic) bond motifs is 3. The van der Waals surface area contributed by atoms with Crippen LogP contribution in [0.3, 0.4) is 0 Å². The van der Waals surface area contributed by atoms with Crippen LogP contribution < -0.4 is 0 Å². The molecule has 0 N–H and O–H groups in total. The van der Waals surface area contributed by atoms with Gasteiger partial charge < -0.3 is 0 Å². The van der Waals surface area contributed by atoms with Gasteiger partial charge >= 0.3 is 0 Å². The summed E-state index contributed by atoms with van der Waals surface area (Å²) in [6.07, 6.45) is 1.78. The third-order valence-corrected chi connectivity index (χ3v) is 6.57. The Balaban J connectivity index is 1.65. The predicted octanol–water partition coefficient (Wildman–Crippen LogP) is 8.01. The van der Waals surface area contributed by atoms with Crippen molar-refractivity contribution in [3.8, 4) is 34.0 Å². The molecule has 0 aliphatic rings. The first-order valence-corrected chi connectivity index (χ1v) is 12.3. The van der Waals surface area contributed by atoms with Crippen molar-refractivity contribution in [3.63, 3.8) is 0 Å². The summed E-state index contributed by atoms with van der Waals surface area (Å²) in [5.74, 6) is 0.963. The quantitative estimate of drug-likeness (QED) is 0.247. The van der Waals surface area contributed by atoms with Crippen LogP contribution in [0, 0.1) is 6.92 Å². The maximum absolute atomic E-state index is 5.01. The third-order valence-electron chi connectivity index (χ3n) is 6.57. The van der Waals surface area contributed by atoms with Crippen molar-refractivity contribution in [2.45, 2.75) is 26.7 Å². The van der Waals surface area contributed by atoms with E-state index in [4.69, 9.17) is 15.0 Å². The first kappa shape index (κ1) is 22.1. The molecule has 6 rings (SSSR count). The Morgan fingerprint density at radius 2 is 1.36 bits per heavy atom. The zero-order valence-electron chi connectivity index (χ0n) is 20.6. The molecule has 0 saturated carbocycles. The van der Waals surface area contributed by atoms with Crippen LogP contribution in [0.5, 0.6) is 0 Å². The van der Waals surface area contributed by atoms with Gasteiger partial charge in [-0.25, -0.2) is 9.97 Å². The van der Waals surface area contributed by atoms with Crippen LogP contribution in [-0.2, 0) is 0 Å². The summed E-state index contributed by atoms with van der Waals surface area (Å²) >= 11 is 0. The Kier molecular flexibility index (Phi) is 5.49. The molecule has 0 amide bonds. The second-order valence-corrected chi connectivity index (χ2v) is 9.45. The Morgan fingerprint density at radius 1 is 0.611 bits per heavy atom. The molecule has 0 atom stereocenters. The van der Waals surface area contributed by atoms with Gasteiger partial charge in [0.05, 0.1) is 16.9 Å². The highest BCUT2D eigenvalue weighted by Crippen LogP contribution is 2.36. The number of pyridine rings is 2. The summed E-state index contributed by atoms with van der Waals surface area (Å²) in [5, 5.41) is 3.53. The Hall–Kier alpha value is -4.44. The van der Waals surface area contributed by atoms with E-state index >= 15 is 0 Å². The van der Waals surface area contributed by atoms with Crippen LogP contribution in [0.25, 0.3) is 55.7 Å². The molecule has 0 aliphatic carbocycles. The number of hydrogen-bond acceptors (Lipinski definition) is 4. The highest BCUT2D eigenvalue weighted by Gasteiger charge is 2.16. The second kappa shape index (κ2) is 8.97. The predicted molar refractivity (Wildman–Crippen MR) is 148 cm³/mol. The third kappa shape index (κ3) is 4.01. The Labute approximate surface area is 210 Å². The molecule has 6 aromatic rings. The molecule has 0 fully saturated rings. The first-order chi connectivity index (χ1) is 17.6. The minimum Gasteiger partial charge on any atom is -0.253 e. The summed E-state index contributed by atoms with van der Waals surface area (Å²) < 4.78 is 0. The zero-order chi connectivity index (χ0) is 24.6. The molecule has 4 heteroatoms. The smallest absolute Gasteiger partial charge is 0.179 e. The lowest BCUT2D eigenvalue weighted by molar-refractivity contribution is 0.876. The summed E-state index contributed by atoms with van der Waals surface area (Å²) in [5.41, 5.74) is 7.92. The Bertz CT molecular complexity index is 1650. The van der Waals surface area contributed by atoms with Crippen LogP contribution in [0.15, 0.2) is 97.2 Å². The Morgan fingerprint density at radius 3 is 2.11 bits per heavy atom. The molecule has 4 nitrogen and oxygen atoms in total. The van der Waals surface area contributed by atoms with Gasteiger partial charge in [-0.05, 0) is 60.2 Å². The van der Waals surface area contributed by atoms with E-state index < -0.39 is 0 Å². The van der Waals surface area contributed by atoms with Gasteiger partial charge in [0.2, 0.25) is 0 Å². The normalized spacial score (nSPS) is 11.4. The molecule has 3 aromatic carbocycles. The monoisotopic (exact) mass is 466 g/mol. The van der Waals surface area contributed by atoms with E-state index in [0.29, 0.717) is 11.7 Å². The molecule has 3 heterocycles. The van der Waals surface area contributed by atoms with E-state index in [1.165, 1.54) is 10.9 Å². The van der Waals surface area contributed by atoms with Gasteiger partial charge in [-0.3, -0.25) is 9.97 Å². The topological polar surface area (TPSA) is 51.6 Å². The van der Waals surface area contributed by atoms with Crippen molar-refractivity contribution in [1.29, 1.82) is 0 Å². The van der Waals surface area contributed by atoms with Crippen molar-refractivity contribution in [2.24, 2.45) is 0 Å². The van der Waals surface area contributed by atoms with Gasteiger partial charge in [0, 0.05) is 33.8 Å². The van der Waals surface area contributed by atoms with Crippen LogP contribution in [-0.4, -0.2) is 19.9 Å². The molecule has 0 saturated heterocycles. The number of rotatable bonds is 4. The lowest BCUT2D eigenvalue weighted by atomic mass is 9.91. The van der Waals surface area contributed by atoms with Crippen LogP contribution in [0.4, 0.5) is 0 Å². The minimum atomic E-state index is 0.348. The fraction of sp³-hybridized carbons (Fsp3) is 0.125. The van der Waals surface area contributed by atoms with E-state index in [0.717, 1.165) is 50.2 Å². The standard InChI is InChI=1S/C32H26N4/c1-20(2)26-17-24(18-27-25(26)15-14-23-13-12-21(3)34-31(23)27)30-19-29(22-9-5-4-6-10-22)35-32(36-30)28-11-7-8-16-33-28/h4-20H,1-3H3. The van der Waals surface area contributed by atoms with Gasteiger partial charge in [0.15, 0.2) is 5.82 Å². The van der Waals surface area contributed by atoms with Gasteiger partial charge in [0.1, 0.15) is 5.69 Å². The number of aromatic nitrogens is 4. The molecule has 3 aromatic heterocycles. The molecule has 36 heavy (non-hydrogen) atoms. The van der Waals surface area contributed by atoms with Crippen molar-refractivity contribution in [1.82, 2.24) is 19.9 Å². The highest BCUT2D eigenvalue weighted by molar-refractivity contribution is 6.08. The van der Waals surface area contributed by atoms with Gasteiger partial charge in [-0.15, -0.1) is 0 Å². The number of benzene rings is 3. The minimum absolute atomic E-state index is 0.348. The molecule has 0 unspecified atom stereocenters. The maximum Gasteiger partial charge on any atom is 0.179 e. The van der Waals surface area contributed by atoms with E-state index in [1.54, 1.807) is 6.20 Å². The van der Waals surface area contributed by atoms with Crippen molar-refractivity contribution in [2.75, 3.05) is 0 Å². The fourth-order valence-corrected chi connectivity index (χ4v) is 4.74. The molecule has 174 valence electrons. The van der Waals surface area contributed by atoms with E-state index in [1.807, 2.05) is 43.3 Å². The van der Waals surface area contributed by atoms with Crippen molar-refractivity contribution < 1.29 is 0 Å². The average Bonchev–Trinajstić information content (AvgIpc) is 2.93. The highest BCUT2D eigenvalue weighted by atomic mass is 14.9. The van der Waals surface area contributed by atoms with E-state index in [2.05, 4.69) is 73.4 Å². The van der Waals surface area contributed by atoms with Gasteiger partial charge in [-0.2, -0.15) is 0 Å². The number of hydrogen-bond donors (Lipinski definition) is 0. The number of nitrogens with zero attached hydrogens (tertiary/aromatic N) is 4. The maximum atomic E-state index is 5.01. The molecular weight excluding hydrogens is 440 g/mol. The largest absolute Gasteiger partial charge is 0.253 e. The van der Waals surface area contributed by atoms with Crippen LogP contribution >= 0.6 is 0 Å². The summed E-state index contributed by atoms with van der Waals surface area (Å²) in [6, 6.07) is 31.3. The van der Waals surface area contributed by atoms with E-state index in [-0.39, 0.29) is 0 Å². The fourth-order valence-electron chi connectivity index (χ4n) is 4.74. The summed E-state index contributed by atoms with van der Waals surface area (Å²) in [6.45, 7) is 6.52. The molecule has 0 bridgehead atoms. The molecule has 0 aliphatic heterocycles. The van der Waals surface area contributed by atoms with Gasteiger partial charge in [0.25, 0.3) is 0 Å². The van der Waals surface area contributed by atoms with Crippen LogP contribution in [0.2, 0.25) is 0 Å². The molecular formula is C32H26N4. The van der Waals surface area contributed by atoms with Crippen LogP contribution in [0.1, 0.15) is 31.0 Å².